The topological polar surface area (TPSA) is 88.2 Å². The van der Waals surface area contributed by atoms with E-state index in [1.54, 1.807) is 0 Å². The number of benzene rings is 8. The molecule has 0 spiro atoms. The molecule has 0 bridgehead atoms. The van der Waals surface area contributed by atoms with Crippen molar-refractivity contribution < 1.29 is 0 Å². The maximum atomic E-state index is 9.45. The van der Waals surface area contributed by atoms with Crippen LogP contribution in [0.25, 0.3) is 101 Å². The molecule has 62 heavy (non-hydrogen) atoms. The highest BCUT2D eigenvalue weighted by Gasteiger charge is 2.17. The van der Waals surface area contributed by atoms with Gasteiger partial charge < -0.3 is 0 Å². The molecule has 8 aromatic carbocycles. The molecule has 0 saturated heterocycles. The molecule has 0 fully saturated rings. The highest BCUT2D eigenvalue weighted by Crippen LogP contribution is 2.36. The third kappa shape index (κ3) is 7.90. The molecule has 0 amide bonds. The summed E-state index contributed by atoms with van der Waals surface area (Å²) in [7, 11) is 0. The molecular formula is C56H36N6. The van der Waals surface area contributed by atoms with E-state index in [0.717, 1.165) is 78.1 Å². The van der Waals surface area contributed by atoms with Crippen LogP contribution in [0.5, 0.6) is 0 Å². The van der Waals surface area contributed by atoms with Crippen LogP contribution in [0.3, 0.4) is 0 Å². The zero-order chi connectivity index (χ0) is 41.7. The summed E-state index contributed by atoms with van der Waals surface area (Å²) in [5.41, 5.74) is 14.2. The Kier molecular flexibility index (Phi) is 10.3. The zero-order valence-electron chi connectivity index (χ0n) is 33.5. The lowest BCUT2D eigenvalue weighted by Crippen LogP contribution is -2.01. The molecule has 0 atom stereocenters. The van der Waals surface area contributed by atoms with Crippen molar-refractivity contribution in [1.29, 1.82) is 5.26 Å². The van der Waals surface area contributed by atoms with E-state index < -0.39 is 0 Å². The molecule has 0 radical (unpaired) electrons. The van der Waals surface area contributed by atoms with Gasteiger partial charge in [0.25, 0.3) is 0 Å². The van der Waals surface area contributed by atoms with Crippen molar-refractivity contribution in [2.45, 2.75) is 0 Å². The number of aromatic nitrogens is 5. The Morgan fingerprint density at radius 1 is 0.258 bits per heavy atom. The molecule has 0 aliphatic carbocycles. The minimum absolute atomic E-state index is 0.571. The molecular weight excluding hydrogens is 757 g/mol. The lowest BCUT2D eigenvalue weighted by atomic mass is 9.94. The molecule has 0 saturated carbocycles. The van der Waals surface area contributed by atoms with Crippen LogP contribution in [0.2, 0.25) is 0 Å². The Balaban J connectivity index is 1.03. The second-order valence-electron chi connectivity index (χ2n) is 14.8. The molecule has 0 unspecified atom stereocenters. The second-order valence-corrected chi connectivity index (χ2v) is 14.8. The quantitative estimate of drug-likeness (QED) is 0.145. The van der Waals surface area contributed by atoms with Crippen molar-refractivity contribution >= 4 is 0 Å². The van der Waals surface area contributed by atoms with Crippen LogP contribution in [0.15, 0.2) is 218 Å². The maximum Gasteiger partial charge on any atom is 0.164 e. The third-order valence-corrected chi connectivity index (χ3v) is 10.8. The normalized spacial score (nSPS) is 10.9. The van der Waals surface area contributed by atoms with Crippen LogP contribution in [-0.4, -0.2) is 24.9 Å². The van der Waals surface area contributed by atoms with E-state index in [-0.39, 0.29) is 0 Å². The van der Waals surface area contributed by atoms with E-state index in [1.807, 2.05) is 133 Å². The predicted molar refractivity (Wildman–Crippen MR) is 249 cm³/mol. The molecule has 10 rings (SSSR count). The largest absolute Gasteiger partial charge is 0.228 e. The lowest BCUT2D eigenvalue weighted by Gasteiger charge is -2.13. The standard InChI is InChI=1S/C56H36N6/c57-37-38-15-12-22-44(33-38)39-29-31-43(32-30-39)55-60-54(42-20-8-3-9-21-42)61-56(62-55)50-28-11-10-27-49(50)47-25-13-23-45(34-47)46-24-14-26-48(35-46)52-36-51(40-16-4-1-5-17-40)58-53(59-52)41-18-6-2-7-19-41/h1-36H. The Morgan fingerprint density at radius 2 is 0.661 bits per heavy atom. The predicted octanol–water partition coefficient (Wildman–Crippen LogP) is 13.5. The molecule has 0 aliphatic rings. The fourth-order valence-corrected chi connectivity index (χ4v) is 7.64. The van der Waals surface area contributed by atoms with Crippen LogP contribution in [0.4, 0.5) is 0 Å². The molecule has 2 aromatic heterocycles. The molecule has 290 valence electrons. The number of nitrogens with zero attached hydrogens (tertiary/aromatic N) is 6. The summed E-state index contributed by atoms with van der Waals surface area (Å²) in [6, 6.07) is 75.9. The number of nitriles is 1. The number of hydrogen-bond donors (Lipinski definition) is 0. The van der Waals surface area contributed by atoms with Crippen molar-refractivity contribution in [3.63, 3.8) is 0 Å². The van der Waals surface area contributed by atoms with Gasteiger partial charge >= 0.3 is 0 Å². The number of rotatable bonds is 9. The van der Waals surface area contributed by atoms with Crippen molar-refractivity contribution in [3.8, 4) is 108 Å². The van der Waals surface area contributed by atoms with E-state index in [0.29, 0.717) is 28.9 Å². The van der Waals surface area contributed by atoms with Gasteiger partial charge in [0.05, 0.1) is 23.0 Å². The van der Waals surface area contributed by atoms with E-state index in [9.17, 15) is 5.26 Å². The van der Waals surface area contributed by atoms with E-state index in [2.05, 4.69) is 91.0 Å². The Labute approximate surface area is 360 Å². The third-order valence-electron chi connectivity index (χ3n) is 10.8. The van der Waals surface area contributed by atoms with Gasteiger partial charge in [-0.2, -0.15) is 5.26 Å². The van der Waals surface area contributed by atoms with E-state index >= 15 is 0 Å². The zero-order valence-corrected chi connectivity index (χ0v) is 33.5. The van der Waals surface area contributed by atoms with E-state index in [4.69, 9.17) is 24.9 Å². The second kappa shape index (κ2) is 16.9. The summed E-state index contributed by atoms with van der Waals surface area (Å²) in [6.45, 7) is 0. The maximum absolute atomic E-state index is 9.45. The smallest absolute Gasteiger partial charge is 0.164 e. The summed E-state index contributed by atoms with van der Waals surface area (Å²) in [6.07, 6.45) is 0. The van der Waals surface area contributed by atoms with Gasteiger partial charge in [-0.15, -0.1) is 0 Å². The fraction of sp³-hybridized carbons (Fsp3) is 0. The van der Waals surface area contributed by atoms with Crippen molar-refractivity contribution in [2.24, 2.45) is 0 Å². The van der Waals surface area contributed by atoms with Gasteiger partial charge in [0, 0.05) is 33.4 Å². The highest BCUT2D eigenvalue weighted by atomic mass is 15.0. The van der Waals surface area contributed by atoms with Crippen LogP contribution in [0, 0.1) is 11.3 Å². The lowest BCUT2D eigenvalue weighted by molar-refractivity contribution is 1.07. The van der Waals surface area contributed by atoms with E-state index in [1.165, 1.54) is 0 Å². The van der Waals surface area contributed by atoms with Crippen molar-refractivity contribution in [1.82, 2.24) is 24.9 Å². The summed E-state index contributed by atoms with van der Waals surface area (Å²) in [5, 5.41) is 9.45. The van der Waals surface area contributed by atoms with Crippen LogP contribution < -0.4 is 0 Å². The first-order chi connectivity index (χ1) is 30.6. The van der Waals surface area contributed by atoms with Crippen LogP contribution >= 0.6 is 0 Å². The summed E-state index contributed by atoms with van der Waals surface area (Å²) in [4.78, 5) is 25.3. The average molecular weight is 793 g/mol. The van der Waals surface area contributed by atoms with Crippen molar-refractivity contribution in [2.75, 3.05) is 0 Å². The van der Waals surface area contributed by atoms with Gasteiger partial charge in [0.1, 0.15) is 0 Å². The Hall–Kier alpha value is -8.66. The van der Waals surface area contributed by atoms with Gasteiger partial charge in [-0.3, -0.25) is 0 Å². The SMILES string of the molecule is N#Cc1cccc(-c2ccc(-c3nc(-c4ccccc4)nc(-c4ccccc4-c4cccc(-c5cccc(-c6cc(-c7ccccc7)nc(-c7ccccc7)n6)c5)c4)n3)cc2)c1. The van der Waals surface area contributed by atoms with Gasteiger partial charge in [0.2, 0.25) is 0 Å². The minimum atomic E-state index is 0.571. The molecule has 10 aromatic rings. The first-order valence-electron chi connectivity index (χ1n) is 20.4. The first-order valence-corrected chi connectivity index (χ1v) is 20.4. The van der Waals surface area contributed by atoms with Gasteiger partial charge in [-0.05, 0) is 63.7 Å². The first kappa shape index (κ1) is 37.6. The fourth-order valence-electron chi connectivity index (χ4n) is 7.64. The molecule has 0 aliphatic heterocycles. The Bertz CT molecular complexity index is 3170. The van der Waals surface area contributed by atoms with Gasteiger partial charge in [-0.25, -0.2) is 24.9 Å². The summed E-state index contributed by atoms with van der Waals surface area (Å²) < 4.78 is 0. The van der Waals surface area contributed by atoms with Gasteiger partial charge in [0.15, 0.2) is 23.3 Å². The van der Waals surface area contributed by atoms with Gasteiger partial charge in [-0.1, -0.05) is 188 Å². The van der Waals surface area contributed by atoms with Crippen molar-refractivity contribution in [3.05, 3.63) is 224 Å². The molecule has 0 N–H and O–H groups in total. The summed E-state index contributed by atoms with van der Waals surface area (Å²) in [5.74, 6) is 2.42. The molecule has 6 nitrogen and oxygen atoms in total. The number of hydrogen-bond acceptors (Lipinski definition) is 6. The van der Waals surface area contributed by atoms with Crippen LogP contribution in [0.1, 0.15) is 5.56 Å². The average Bonchev–Trinajstić information content (AvgIpc) is 3.37. The molecule has 2 heterocycles. The Morgan fingerprint density at radius 3 is 1.27 bits per heavy atom. The molecule has 6 heteroatoms. The monoisotopic (exact) mass is 792 g/mol. The minimum Gasteiger partial charge on any atom is -0.228 e. The van der Waals surface area contributed by atoms with Crippen LogP contribution in [-0.2, 0) is 0 Å². The highest BCUT2D eigenvalue weighted by molar-refractivity contribution is 5.85. The summed E-state index contributed by atoms with van der Waals surface area (Å²) >= 11 is 0.